The van der Waals surface area contributed by atoms with E-state index in [0.29, 0.717) is 13.1 Å². The zero-order chi connectivity index (χ0) is 30.0. The van der Waals surface area contributed by atoms with Crippen LogP contribution in [0.2, 0.25) is 0 Å². The van der Waals surface area contributed by atoms with Crippen molar-refractivity contribution in [2.45, 2.75) is 194 Å². The van der Waals surface area contributed by atoms with Crippen LogP contribution >= 0.6 is 0 Å². The third-order valence-electron chi connectivity index (χ3n) is 7.96. The van der Waals surface area contributed by atoms with E-state index in [9.17, 15) is 8.42 Å². The molecule has 0 rings (SSSR count). The van der Waals surface area contributed by atoms with Gasteiger partial charge < -0.3 is 0 Å². The Kier molecular flexibility index (Phi) is 33.3. The lowest BCUT2D eigenvalue weighted by Gasteiger charge is -2.08. The highest BCUT2D eigenvalue weighted by atomic mass is 32.2. The Hall–Kier alpha value is -0.650. The molecule has 0 atom stereocenters. The van der Waals surface area contributed by atoms with Gasteiger partial charge in [0.2, 0.25) is 0 Å². The molecular weight excluding hydrogens is 524 g/mol. The summed E-state index contributed by atoms with van der Waals surface area (Å²) in [5.41, 5.74) is 0. The summed E-state index contributed by atoms with van der Waals surface area (Å²) in [7, 11) is -3.34. The van der Waals surface area contributed by atoms with Gasteiger partial charge in [-0.2, -0.15) is 8.42 Å². The van der Waals surface area contributed by atoms with Gasteiger partial charge in [-0.1, -0.05) is 154 Å². The number of nitrogens with one attached hydrogen (secondary N) is 2. The lowest BCUT2D eigenvalue weighted by Crippen LogP contribution is -2.37. The fourth-order valence-corrected chi connectivity index (χ4v) is 6.14. The van der Waals surface area contributed by atoms with Gasteiger partial charge in [-0.3, -0.25) is 0 Å². The van der Waals surface area contributed by atoms with Crippen LogP contribution in [0.5, 0.6) is 0 Å². The van der Waals surface area contributed by atoms with E-state index in [1.54, 1.807) is 0 Å². The Morgan fingerprint density at radius 1 is 0.366 bits per heavy atom. The molecule has 0 spiro atoms. The Labute approximate surface area is 258 Å². The van der Waals surface area contributed by atoms with Crippen LogP contribution in [0.4, 0.5) is 0 Å². The van der Waals surface area contributed by atoms with E-state index in [-0.39, 0.29) is 0 Å². The van der Waals surface area contributed by atoms with E-state index in [2.05, 4.69) is 47.6 Å². The number of unbranched alkanes of at least 4 members (excludes halogenated alkanes) is 24. The van der Waals surface area contributed by atoms with Crippen LogP contribution in [0.3, 0.4) is 0 Å². The van der Waals surface area contributed by atoms with Crippen LogP contribution in [-0.2, 0) is 10.2 Å². The molecule has 0 radical (unpaired) electrons. The van der Waals surface area contributed by atoms with Crippen LogP contribution in [0.15, 0.2) is 24.3 Å². The largest absolute Gasteiger partial charge is 0.276 e. The molecule has 244 valence electrons. The normalized spacial score (nSPS) is 12.3. The zero-order valence-corrected chi connectivity index (χ0v) is 28.6. The highest BCUT2D eigenvalue weighted by molar-refractivity contribution is 7.87. The summed E-state index contributed by atoms with van der Waals surface area (Å²) in [5, 5.41) is 0. The van der Waals surface area contributed by atoms with Gasteiger partial charge in [0, 0.05) is 13.1 Å². The third kappa shape index (κ3) is 35.5. The van der Waals surface area contributed by atoms with Gasteiger partial charge >= 0.3 is 0 Å². The van der Waals surface area contributed by atoms with E-state index < -0.39 is 10.2 Å². The second-order valence-electron chi connectivity index (χ2n) is 12.2. The van der Waals surface area contributed by atoms with E-state index in [1.165, 1.54) is 154 Å². The molecule has 0 aliphatic rings. The summed E-state index contributed by atoms with van der Waals surface area (Å²) >= 11 is 0. The van der Waals surface area contributed by atoms with Gasteiger partial charge in [-0.15, -0.1) is 0 Å². The van der Waals surface area contributed by atoms with Crippen molar-refractivity contribution in [2.24, 2.45) is 0 Å². The number of hydrogen-bond acceptors (Lipinski definition) is 2. The standard InChI is InChI=1S/C36H72N2O2S/c1-3-5-7-9-11-13-15-17-19-21-23-25-27-29-31-33-35-37-41(39,40)38-36-34-32-30-28-26-24-22-20-18-16-14-12-10-8-6-4-2/h17-20,37-38H,3-16,21-36H2,1-2H3/b19-17-,20-18-. The maximum absolute atomic E-state index is 12.1. The molecule has 0 aromatic rings. The lowest BCUT2D eigenvalue weighted by molar-refractivity contribution is 0.546. The maximum Gasteiger partial charge on any atom is 0.276 e. The van der Waals surface area contributed by atoms with Crippen molar-refractivity contribution in [3.63, 3.8) is 0 Å². The Morgan fingerprint density at radius 2 is 0.610 bits per heavy atom. The van der Waals surface area contributed by atoms with Crippen molar-refractivity contribution in [2.75, 3.05) is 13.1 Å². The highest BCUT2D eigenvalue weighted by Crippen LogP contribution is 2.11. The van der Waals surface area contributed by atoms with Crippen molar-refractivity contribution in [3.05, 3.63) is 24.3 Å². The number of rotatable bonds is 34. The lowest BCUT2D eigenvalue weighted by atomic mass is 10.1. The predicted molar refractivity (Wildman–Crippen MR) is 184 cm³/mol. The monoisotopic (exact) mass is 597 g/mol. The van der Waals surface area contributed by atoms with Crippen molar-refractivity contribution in [3.8, 4) is 0 Å². The number of hydrogen-bond donors (Lipinski definition) is 2. The second-order valence-corrected chi connectivity index (χ2v) is 13.8. The predicted octanol–water partition coefficient (Wildman–Crippen LogP) is 11.5. The van der Waals surface area contributed by atoms with E-state index in [0.717, 1.165) is 25.7 Å². The van der Waals surface area contributed by atoms with E-state index in [4.69, 9.17) is 0 Å². The first-order valence-corrected chi connectivity index (χ1v) is 19.6. The topological polar surface area (TPSA) is 58.2 Å². The summed E-state index contributed by atoms with van der Waals surface area (Å²) in [6.45, 7) is 5.63. The smallest absolute Gasteiger partial charge is 0.202 e. The summed E-state index contributed by atoms with van der Waals surface area (Å²) < 4.78 is 29.6. The third-order valence-corrected chi connectivity index (χ3v) is 9.13. The molecule has 0 heterocycles. The molecule has 0 saturated heterocycles. The van der Waals surface area contributed by atoms with Gasteiger partial charge in [0.15, 0.2) is 0 Å². The molecule has 0 amide bonds. The van der Waals surface area contributed by atoms with Crippen LogP contribution in [0, 0.1) is 0 Å². The summed E-state index contributed by atoms with van der Waals surface area (Å²) in [5.74, 6) is 0. The van der Waals surface area contributed by atoms with Crippen LogP contribution in [0.1, 0.15) is 194 Å². The molecule has 0 aromatic carbocycles. The Balaban J connectivity index is 3.35. The molecular formula is C36H72N2O2S. The van der Waals surface area contributed by atoms with Crippen LogP contribution in [0.25, 0.3) is 0 Å². The first kappa shape index (κ1) is 40.4. The van der Waals surface area contributed by atoms with Gasteiger partial charge in [0.25, 0.3) is 10.2 Å². The maximum atomic E-state index is 12.1. The molecule has 4 nitrogen and oxygen atoms in total. The van der Waals surface area contributed by atoms with Crippen molar-refractivity contribution >= 4 is 10.2 Å². The van der Waals surface area contributed by atoms with Crippen LogP contribution in [-0.4, -0.2) is 21.5 Å². The fourth-order valence-electron chi connectivity index (χ4n) is 5.21. The Morgan fingerprint density at radius 3 is 0.902 bits per heavy atom. The Bertz CT molecular complexity index is 610. The van der Waals surface area contributed by atoms with Crippen molar-refractivity contribution in [1.29, 1.82) is 0 Å². The number of allylic oxidation sites excluding steroid dienone is 4. The van der Waals surface area contributed by atoms with Gasteiger partial charge in [-0.25, -0.2) is 9.44 Å². The molecule has 0 fully saturated rings. The molecule has 0 aliphatic carbocycles. The average molecular weight is 597 g/mol. The molecule has 0 unspecified atom stereocenters. The highest BCUT2D eigenvalue weighted by Gasteiger charge is 2.07. The molecule has 0 saturated carbocycles. The first-order valence-electron chi connectivity index (χ1n) is 18.2. The van der Waals surface area contributed by atoms with Crippen molar-refractivity contribution in [1.82, 2.24) is 9.44 Å². The molecule has 0 aliphatic heterocycles. The SMILES string of the molecule is CCCCCCCC/C=C\CCCCCCCCNS(=O)(=O)NCCCCCCCC/C=C\CCCCCCCC. The molecule has 0 aromatic heterocycles. The summed E-state index contributed by atoms with van der Waals surface area (Å²) in [6.07, 6.45) is 45.0. The quantitative estimate of drug-likeness (QED) is 0.0573. The molecule has 5 heteroatoms. The van der Waals surface area contributed by atoms with E-state index in [1.807, 2.05) is 0 Å². The molecule has 41 heavy (non-hydrogen) atoms. The van der Waals surface area contributed by atoms with E-state index >= 15 is 0 Å². The van der Waals surface area contributed by atoms with Gasteiger partial charge in [0.1, 0.15) is 0 Å². The molecule has 2 N–H and O–H groups in total. The second kappa shape index (κ2) is 33.8. The zero-order valence-electron chi connectivity index (χ0n) is 27.7. The average Bonchev–Trinajstić information content (AvgIpc) is 2.96. The van der Waals surface area contributed by atoms with Crippen LogP contribution < -0.4 is 9.44 Å². The first-order chi connectivity index (χ1) is 20.1. The minimum absolute atomic E-state index is 0.546. The van der Waals surface area contributed by atoms with Gasteiger partial charge in [0.05, 0.1) is 0 Å². The van der Waals surface area contributed by atoms with Gasteiger partial charge in [-0.05, 0) is 64.2 Å². The summed E-state index contributed by atoms with van der Waals surface area (Å²) in [6, 6.07) is 0. The molecule has 0 bridgehead atoms. The van der Waals surface area contributed by atoms with Crippen molar-refractivity contribution < 1.29 is 8.42 Å². The summed E-state index contributed by atoms with van der Waals surface area (Å²) in [4.78, 5) is 0. The minimum Gasteiger partial charge on any atom is -0.202 e. The fraction of sp³-hybridized carbons (Fsp3) is 0.889. The minimum atomic E-state index is -3.34.